The number of carbonyl (C=O) groups is 5. The number of hydrogen-bond acceptors (Lipinski definition) is 9. The zero-order valence-corrected chi connectivity index (χ0v) is 31.0. The van der Waals surface area contributed by atoms with E-state index >= 15 is 0 Å². The molecule has 12 nitrogen and oxygen atoms in total. The second-order valence-electron chi connectivity index (χ2n) is 12.6. The molecule has 1 unspecified atom stereocenters. The molecule has 2 aliphatic heterocycles. The molecule has 3 aromatic carbocycles. The van der Waals surface area contributed by atoms with E-state index in [1.165, 1.54) is 12.1 Å². The zero-order valence-electron chi connectivity index (χ0n) is 28.8. The standard InChI is InChI=1S/C37H40F3IN6O6/c38-25-13-12-24(33(32(25)40)44-27-14-11-22(41)21-26(27)39)34(49)46-53-20-8-18-42-17-5-3-1-2-4-6-19-43-28-10-7-9-23-31(28)37(52)47(36(23)51)29-15-16-30(48)45-35(29)50/h7,9-14,21,29,42-44H,1-6,8,15-20H2,(H,46,49)(H,45,48,50). The zero-order chi connectivity index (χ0) is 37.9. The second-order valence-corrected chi connectivity index (χ2v) is 13.9. The summed E-state index contributed by atoms with van der Waals surface area (Å²) in [5.41, 5.74) is 2.42. The minimum atomic E-state index is -1.32. The van der Waals surface area contributed by atoms with Crippen LogP contribution in [0, 0.1) is 21.0 Å². The molecular formula is C37H40F3IN6O6. The molecule has 282 valence electrons. The van der Waals surface area contributed by atoms with Crippen molar-refractivity contribution >= 4 is 69.2 Å². The Kier molecular flexibility index (Phi) is 14.2. The van der Waals surface area contributed by atoms with Gasteiger partial charge in [-0.1, -0.05) is 31.7 Å². The summed E-state index contributed by atoms with van der Waals surface area (Å²) >= 11 is 1.92. The predicted molar refractivity (Wildman–Crippen MR) is 199 cm³/mol. The van der Waals surface area contributed by atoms with Crippen LogP contribution in [0.5, 0.6) is 0 Å². The molecule has 0 spiro atoms. The van der Waals surface area contributed by atoms with Gasteiger partial charge in [0.15, 0.2) is 11.6 Å². The summed E-state index contributed by atoms with van der Waals surface area (Å²) in [6, 6.07) is 10.1. The van der Waals surface area contributed by atoms with Crippen molar-refractivity contribution in [2.45, 2.75) is 63.8 Å². The van der Waals surface area contributed by atoms with Crippen LogP contribution in [0.25, 0.3) is 0 Å². The number of hydrogen-bond donors (Lipinski definition) is 5. The molecule has 16 heteroatoms. The lowest BCUT2D eigenvalue weighted by Crippen LogP contribution is -2.54. The molecule has 1 fully saturated rings. The van der Waals surface area contributed by atoms with Crippen molar-refractivity contribution in [3.05, 3.63) is 86.2 Å². The van der Waals surface area contributed by atoms with Crippen LogP contribution < -0.4 is 26.7 Å². The van der Waals surface area contributed by atoms with Crippen LogP contribution in [-0.4, -0.2) is 66.7 Å². The van der Waals surface area contributed by atoms with E-state index < -0.39 is 58.7 Å². The topological polar surface area (TPSA) is 158 Å². The van der Waals surface area contributed by atoms with Gasteiger partial charge in [-0.05, 0) is 104 Å². The molecule has 2 heterocycles. The number of piperidine rings is 1. The van der Waals surface area contributed by atoms with Crippen molar-refractivity contribution in [1.82, 2.24) is 21.0 Å². The summed E-state index contributed by atoms with van der Waals surface area (Å²) in [5.74, 6) is -6.11. The molecule has 1 atom stereocenters. The Morgan fingerprint density at radius 3 is 2.34 bits per heavy atom. The molecule has 5 rings (SSSR count). The van der Waals surface area contributed by atoms with Crippen LogP contribution in [0.4, 0.5) is 30.2 Å². The van der Waals surface area contributed by atoms with E-state index in [2.05, 4.69) is 26.7 Å². The molecule has 0 radical (unpaired) electrons. The average Bonchev–Trinajstić information content (AvgIpc) is 3.38. The highest BCUT2D eigenvalue weighted by molar-refractivity contribution is 14.1. The van der Waals surface area contributed by atoms with Crippen LogP contribution in [0.2, 0.25) is 0 Å². The summed E-state index contributed by atoms with van der Waals surface area (Å²) in [7, 11) is 0. The number of amides is 5. The number of rotatable bonds is 19. The summed E-state index contributed by atoms with van der Waals surface area (Å²) in [5, 5.41) is 11.3. The van der Waals surface area contributed by atoms with Gasteiger partial charge in [-0.25, -0.2) is 18.7 Å². The van der Waals surface area contributed by atoms with Crippen molar-refractivity contribution in [2.24, 2.45) is 0 Å². The second kappa shape index (κ2) is 19.0. The number of carbonyl (C=O) groups excluding carboxylic acids is 5. The Hall–Kier alpha value is -4.55. The molecule has 0 saturated carbocycles. The third-order valence-electron chi connectivity index (χ3n) is 8.86. The van der Waals surface area contributed by atoms with Gasteiger partial charge in [-0.3, -0.25) is 39.0 Å². The molecule has 0 aromatic heterocycles. The summed E-state index contributed by atoms with van der Waals surface area (Å²) < 4.78 is 43.4. The third kappa shape index (κ3) is 10.1. The lowest BCUT2D eigenvalue weighted by atomic mass is 10.0. The Morgan fingerprint density at radius 2 is 1.58 bits per heavy atom. The first-order valence-corrected chi connectivity index (χ1v) is 18.6. The van der Waals surface area contributed by atoms with E-state index in [0.29, 0.717) is 28.8 Å². The van der Waals surface area contributed by atoms with Crippen LogP contribution in [0.3, 0.4) is 0 Å². The highest BCUT2D eigenvalue weighted by Gasteiger charge is 2.45. The Labute approximate surface area is 318 Å². The van der Waals surface area contributed by atoms with E-state index in [1.807, 2.05) is 22.6 Å². The number of benzene rings is 3. The normalized spacial score (nSPS) is 15.4. The Morgan fingerprint density at radius 1 is 0.849 bits per heavy atom. The van der Waals surface area contributed by atoms with E-state index in [-0.39, 0.29) is 41.8 Å². The number of imide groups is 2. The van der Waals surface area contributed by atoms with Crippen LogP contribution in [0.15, 0.2) is 48.5 Å². The first-order valence-electron chi connectivity index (χ1n) is 17.5. The number of fused-ring (bicyclic) bond motifs is 1. The van der Waals surface area contributed by atoms with Crippen LogP contribution >= 0.6 is 22.6 Å². The van der Waals surface area contributed by atoms with Gasteiger partial charge < -0.3 is 16.0 Å². The van der Waals surface area contributed by atoms with E-state index in [9.17, 15) is 37.1 Å². The molecule has 2 aliphatic rings. The molecule has 0 bridgehead atoms. The van der Waals surface area contributed by atoms with Crippen molar-refractivity contribution in [3.63, 3.8) is 0 Å². The van der Waals surface area contributed by atoms with Crippen molar-refractivity contribution in [2.75, 3.05) is 36.9 Å². The van der Waals surface area contributed by atoms with Gasteiger partial charge in [-0.2, -0.15) is 0 Å². The van der Waals surface area contributed by atoms with Gasteiger partial charge in [0.2, 0.25) is 11.8 Å². The van der Waals surface area contributed by atoms with Gasteiger partial charge >= 0.3 is 0 Å². The fourth-order valence-electron chi connectivity index (χ4n) is 6.12. The highest BCUT2D eigenvalue weighted by Crippen LogP contribution is 2.33. The van der Waals surface area contributed by atoms with Gasteiger partial charge in [0, 0.05) is 22.2 Å². The van der Waals surface area contributed by atoms with Gasteiger partial charge in [0.1, 0.15) is 11.9 Å². The summed E-state index contributed by atoms with van der Waals surface area (Å²) in [4.78, 5) is 68.9. The fourth-order valence-corrected chi connectivity index (χ4v) is 6.57. The number of nitrogens with one attached hydrogen (secondary N) is 5. The van der Waals surface area contributed by atoms with E-state index in [4.69, 9.17) is 4.84 Å². The van der Waals surface area contributed by atoms with Crippen molar-refractivity contribution in [3.8, 4) is 0 Å². The first-order chi connectivity index (χ1) is 25.6. The Balaban J connectivity index is 0.909. The van der Waals surface area contributed by atoms with E-state index in [0.717, 1.165) is 62.1 Å². The van der Waals surface area contributed by atoms with Gasteiger partial charge in [-0.15, -0.1) is 0 Å². The number of nitrogens with zero attached hydrogens (tertiary/aromatic N) is 1. The largest absolute Gasteiger partial charge is 0.384 e. The van der Waals surface area contributed by atoms with Crippen molar-refractivity contribution in [1.29, 1.82) is 0 Å². The maximum Gasteiger partial charge on any atom is 0.277 e. The minimum Gasteiger partial charge on any atom is -0.384 e. The SMILES string of the molecule is O=C1CCC(N2C(=O)c3cccc(NCCCCCCCCNCCCONC(=O)c4ccc(F)c(F)c4Nc4ccc(I)cc4F)c3C2=O)C(=O)N1. The number of halogens is 4. The third-order valence-corrected chi connectivity index (χ3v) is 9.53. The molecule has 53 heavy (non-hydrogen) atoms. The average molecular weight is 849 g/mol. The maximum absolute atomic E-state index is 14.6. The molecule has 5 amide bonds. The molecule has 1 saturated heterocycles. The van der Waals surface area contributed by atoms with E-state index in [1.54, 1.807) is 24.3 Å². The summed E-state index contributed by atoms with van der Waals surface area (Å²) in [6.45, 7) is 2.26. The molecule has 5 N–H and O–H groups in total. The number of anilines is 3. The molecule has 0 aliphatic carbocycles. The van der Waals surface area contributed by atoms with Gasteiger partial charge in [0.25, 0.3) is 17.7 Å². The maximum atomic E-state index is 14.6. The Bertz CT molecular complexity index is 1860. The number of hydroxylamine groups is 1. The quantitative estimate of drug-likeness (QED) is 0.0426. The smallest absolute Gasteiger partial charge is 0.277 e. The highest BCUT2D eigenvalue weighted by atomic mass is 127. The minimum absolute atomic E-state index is 0.0679. The number of unbranched alkanes of at least 4 members (excludes halogenated alkanes) is 5. The monoisotopic (exact) mass is 848 g/mol. The van der Waals surface area contributed by atoms with Crippen LogP contribution in [0.1, 0.15) is 88.9 Å². The molecule has 3 aromatic rings. The molecular weight excluding hydrogens is 808 g/mol. The predicted octanol–water partition coefficient (Wildman–Crippen LogP) is 5.95. The van der Waals surface area contributed by atoms with Crippen LogP contribution in [-0.2, 0) is 14.4 Å². The fraction of sp³-hybridized carbons (Fsp3) is 0.378. The lowest BCUT2D eigenvalue weighted by Gasteiger charge is -2.27. The van der Waals surface area contributed by atoms with Gasteiger partial charge in [0.05, 0.1) is 34.7 Å². The lowest BCUT2D eigenvalue weighted by molar-refractivity contribution is -0.136. The van der Waals surface area contributed by atoms with Crippen molar-refractivity contribution < 1.29 is 42.0 Å². The first kappa shape index (κ1) is 39.7. The summed E-state index contributed by atoms with van der Waals surface area (Å²) in [6.07, 6.45) is 6.75.